The fraction of sp³-hybridized carbons (Fsp3) is 0.167. The van der Waals surface area contributed by atoms with Crippen LogP contribution in [0.3, 0.4) is 0 Å². The van der Waals surface area contributed by atoms with E-state index in [4.69, 9.17) is 4.42 Å². The molecule has 0 aliphatic carbocycles. The van der Waals surface area contributed by atoms with Crippen LogP contribution in [0.4, 0.5) is 8.78 Å². The van der Waals surface area contributed by atoms with Gasteiger partial charge in [0.15, 0.2) is 12.2 Å². The lowest BCUT2D eigenvalue weighted by Crippen LogP contribution is -1.94. The van der Waals surface area contributed by atoms with Crippen molar-refractivity contribution < 1.29 is 13.2 Å². The zero-order valence-corrected chi connectivity index (χ0v) is 13.7. The highest BCUT2D eigenvalue weighted by Crippen LogP contribution is 2.32. The minimum atomic E-state index is -0.584. The van der Waals surface area contributed by atoms with Gasteiger partial charge in [0.25, 0.3) is 0 Å². The summed E-state index contributed by atoms with van der Waals surface area (Å²) in [6.45, 7) is 3.95. The second kappa shape index (κ2) is 7.21. The van der Waals surface area contributed by atoms with Crippen molar-refractivity contribution in [1.29, 1.82) is 0 Å². The Morgan fingerprint density at radius 1 is 1.12 bits per heavy atom. The van der Waals surface area contributed by atoms with Gasteiger partial charge in [0.1, 0.15) is 23.2 Å². The van der Waals surface area contributed by atoms with Gasteiger partial charge in [0.05, 0.1) is 0 Å². The van der Waals surface area contributed by atoms with Crippen molar-refractivity contribution in [3.63, 3.8) is 0 Å². The molecular weight excluding hydrogens is 326 g/mol. The molecule has 0 radical (unpaired) electrons. The molecule has 0 unspecified atom stereocenters. The second-order valence-corrected chi connectivity index (χ2v) is 5.66. The molecule has 1 aromatic carbocycles. The first-order valence-corrected chi connectivity index (χ1v) is 7.69. The summed E-state index contributed by atoms with van der Waals surface area (Å²) in [7, 11) is 0. The number of aromatic amines is 1. The largest absolute Gasteiger partial charge is 0.443 e. The van der Waals surface area contributed by atoms with Crippen LogP contribution in [0.5, 0.6) is 0 Å². The number of benzene rings is 1. The molecule has 0 fully saturated rings. The lowest BCUT2D eigenvalue weighted by atomic mass is 10.1. The van der Waals surface area contributed by atoms with E-state index < -0.39 is 11.6 Å². The van der Waals surface area contributed by atoms with E-state index in [2.05, 4.69) is 20.2 Å². The molecule has 128 valence electrons. The summed E-state index contributed by atoms with van der Waals surface area (Å²) in [4.78, 5) is 8.43. The third kappa shape index (κ3) is 3.71. The quantitative estimate of drug-likeness (QED) is 0.752. The third-order valence-electron chi connectivity index (χ3n) is 3.52. The number of H-pyrrole nitrogens is 1. The van der Waals surface area contributed by atoms with Crippen LogP contribution in [0.1, 0.15) is 25.6 Å². The van der Waals surface area contributed by atoms with Gasteiger partial charge < -0.3 is 4.42 Å². The molecule has 1 N–H and O–H groups in total. The van der Waals surface area contributed by atoms with Gasteiger partial charge in [-0.05, 0) is 30.3 Å². The average Bonchev–Trinajstić information content (AvgIpc) is 3.09. The van der Waals surface area contributed by atoms with Gasteiger partial charge in [-0.3, -0.25) is 5.10 Å². The van der Waals surface area contributed by atoms with E-state index in [1.165, 1.54) is 6.39 Å². The number of halogens is 2. The lowest BCUT2D eigenvalue weighted by Gasteiger charge is -2.03. The van der Waals surface area contributed by atoms with Crippen molar-refractivity contribution in [3.8, 4) is 22.6 Å². The molecule has 0 atom stereocenters. The van der Waals surface area contributed by atoms with Crippen LogP contribution in [0.15, 0.2) is 53.5 Å². The summed E-state index contributed by atoms with van der Waals surface area (Å²) in [6, 6.07) is 6.59. The van der Waals surface area contributed by atoms with Gasteiger partial charge >= 0.3 is 0 Å². The van der Waals surface area contributed by atoms with Crippen molar-refractivity contribution >= 4 is 0 Å². The topological polar surface area (TPSA) is 67.6 Å². The summed E-state index contributed by atoms with van der Waals surface area (Å²) in [6.07, 6.45) is 4.33. The number of aromatic nitrogens is 4. The maximum atomic E-state index is 14.1. The van der Waals surface area contributed by atoms with E-state index in [1.807, 2.05) is 13.8 Å². The average molecular weight is 342 g/mol. The van der Waals surface area contributed by atoms with Gasteiger partial charge in [0, 0.05) is 29.4 Å². The summed E-state index contributed by atoms with van der Waals surface area (Å²) >= 11 is 0. The van der Waals surface area contributed by atoms with Crippen molar-refractivity contribution in [3.05, 3.63) is 66.6 Å². The molecule has 0 spiro atoms. The Morgan fingerprint density at radius 2 is 1.96 bits per heavy atom. The van der Waals surface area contributed by atoms with Gasteiger partial charge in [-0.1, -0.05) is 13.8 Å². The Morgan fingerprint density at radius 3 is 2.76 bits per heavy atom. The molecule has 0 bridgehead atoms. The fourth-order valence-corrected chi connectivity index (χ4v) is 2.24. The molecule has 0 amide bonds. The van der Waals surface area contributed by atoms with Crippen LogP contribution in [0.25, 0.3) is 22.6 Å². The maximum Gasteiger partial charge on any atom is 0.182 e. The first-order chi connectivity index (χ1) is 12.1. The van der Waals surface area contributed by atoms with E-state index in [0.717, 1.165) is 18.2 Å². The van der Waals surface area contributed by atoms with Crippen molar-refractivity contribution in [2.24, 2.45) is 0 Å². The Hall–Kier alpha value is -3.09. The summed E-state index contributed by atoms with van der Waals surface area (Å²) in [5, 5.41) is 6.89. The zero-order chi connectivity index (χ0) is 17.8. The molecule has 0 aliphatic rings. The van der Waals surface area contributed by atoms with E-state index in [0.29, 0.717) is 17.1 Å². The molecular formula is C18H16F2N4O. The van der Waals surface area contributed by atoms with Crippen LogP contribution >= 0.6 is 0 Å². The number of hydrogen-bond acceptors (Lipinski definition) is 4. The first kappa shape index (κ1) is 16.8. The van der Waals surface area contributed by atoms with Crippen LogP contribution in [0, 0.1) is 11.6 Å². The van der Waals surface area contributed by atoms with Gasteiger partial charge in [-0.25, -0.2) is 18.7 Å². The van der Waals surface area contributed by atoms with Gasteiger partial charge in [-0.2, -0.15) is 5.10 Å². The predicted molar refractivity (Wildman–Crippen MR) is 88.9 cm³/mol. The smallest absolute Gasteiger partial charge is 0.182 e. The number of rotatable bonds is 3. The van der Waals surface area contributed by atoms with E-state index >= 15 is 0 Å². The molecule has 0 aliphatic heterocycles. The van der Waals surface area contributed by atoms with Crippen molar-refractivity contribution in [1.82, 2.24) is 20.2 Å². The standard InChI is InChI=1S/C18H16F2N4O/c1-11(2)18-21-9-12(4-3-7-23-24-18)17-16(22-10-25-17)14-8-13(19)5-6-15(14)20/h3-11H,1-2H3,(H,21,24). The Bertz CT molecular complexity index is 932. The van der Waals surface area contributed by atoms with E-state index in [9.17, 15) is 8.78 Å². The minimum absolute atomic E-state index is 0.0257. The van der Waals surface area contributed by atoms with E-state index in [-0.39, 0.29) is 17.2 Å². The van der Waals surface area contributed by atoms with Crippen LogP contribution in [-0.4, -0.2) is 20.2 Å². The third-order valence-corrected chi connectivity index (χ3v) is 3.52. The predicted octanol–water partition coefficient (Wildman–Crippen LogP) is 4.65. The molecule has 3 aromatic rings. The number of hydrogen-bond donors (Lipinski definition) is 1. The number of nitrogens with zero attached hydrogens (tertiary/aromatic N) is 3. The summed E-state index contributed by atoms with van der Waals surface area (Å²) in [5.74, 6) is -0.0550. The first-order valence-electron chi connectivity index (χ1n) is 7.69. The fourth-order valence-electron chi connectivity index (χ4n) is 2.24. The maximum absolute atomic E-state index is 14.1. The summed E-state index contributed by atoms with van der Waals surface area (Å²) in [5.41, 5.74) is 0.792. The highest BCUT2D eigenvalue weighted by molar-refractivity contribution is 5.76. The monoisotopic (exact) mass is 342 g/mol. The normalized spacial score (nSPS) is 10.8. The van der Waals surface area contributed by atoms with Crippen LogP contribution < -0.4 is 0 Å². The molecule has 0 saturated carbocycles. The van der Waals surface area contributed by atoms with Crippen molar-refractivity contribution in [2.45, 2.75) is 19.8 Å². The molecule has 2 heterocycles. The molecule has 2 aromatic heterocycles. The number of nitrogens with one attached hydrogen (secondary N) is 1. The van der Waals surface area contributed by atoms with Crippen molar-refractivity contribution in [2.75, 3.05) is 0 Å². The molecule has 7 heteroatoms. The Labute approximate surface area is 143 Å². The van der Waals surface area contributed by atoms with Crippen LogP contribution in [-0.2, 0) is 0 Å². The lowest BCUT2D eigenvalue weighted by molar-refractivity contribution is 0.571. The minimum Gasteiger partial charge on any atom is -0.443 e. The number of oxazole rings is 1. The van der Waals surface area contributed by atoms with E-state index in [1.54, 1.807) is 24.5 Å². The summed E-state index contributed by atoms with van der Waals surface area (Å²) < 4.78 is 33.1. The van der Waals surface area contributed by atoms with Crippen LogP contribution in [0.2, 0.25) is 0 Å². The SMILES string of the molecule is CC(C)c1ncc(-c2ocnc2-c2cc(F)ccc2F)cccn[nH]1. The Balaban J connectivity index is 2.17. The Kier molecular flexibility index (Phi) is 4.83. The highest BCUT2D eigenvalue weighted by atomic mass is 19.1. The molecule has 25 heavy (non-hydrogen) atoms. The second-order valence-electron chi connectivity index (χ2n) is 5.66. The molecule has 3 rings (SSSR count). The molecule has 0 saturated heterocycles. The van der Waals surface area contributed by atoms with Gasteiger partial charge in [0.2, 0.25) is 0 Å². The highest BCUT2D eigenvalue weighted by Gasteiger charge is 2.17. The zero-order valence-electron chi connectivity index (χ0n) is 13.7. The molecule has 5 nitrogen and oxygen atoms in total. The van der Waals surface area contributed by atoms with Gasteiger partial charge in [-0.15, -0.1) is 0 Å².